The number of hydrogen-bond acceptors (Lipinski definition) is 6. The number of nitrogens with two attached hydrogens (primary N) is 1. The standard InChI is InChI=1S/C31H41BrN4O5/c1-30(2,11-13-33)40-18-12-31(3,4)41-22-8-6-7-21(19-22)28(37)35-14-16-36(17-15-35)29(38)23-20-34-27-24(32)9-10-25(39-5)26(23)27/h6-10,19-20,34H,11-18,33H2,1-5H3. The lowest BCUT2D eigenvalue weighted by molar-refractivity contribution is -0.0435. The summed E-state index contributed by atoms with van der Waals surface area (Å²) in [7, 11) is 1.59. The highest BCUT2D eigenvalue weighted by Gasteiger charge is 2.29. The zero-order valence-electron chi connectivity index (χ0n) is 24.6. The maximum absolute atomic E-state index is 13.4. The normalized spacial score (nSPS) is 14.4. The van der Waals surface area contributed by atoms with Crippen LogP contribution in [-0.2, 0) is 4.74 Å². The van der Waals surface area contributed by atoms with Gasteiger partial charge in [-0.1, -0.05) is 6.07 Å². The quantitative estimate of drug-likeness (QED) is 0.301. The number of ether oxygens (including phenoxy) is 3. The van der Waals surface area contributed by atoms with Crippen molar-refractivity contribution >= 4 is 38.6 Å². The van der Waals surface area contributed by atoms with E-state index in [2.05, 4.69) is 20.9 Å². The first kappa shape index (κ1) is 30.9. The van der Waals surface area contributed by atoms with E-state index in [9.17, 15) is 9.59 Å². The van der Waals surface area contributed by atoms with Gasteiger partial charge in [-0.15, -0.1) is 0 Å². The van der Waals surface area contributed by atoms with Gasteiger partial charge in [0, 0.05) is 48.8 Å². The second kappa shape index (κ2) is 12.8. The minimum Gasteiger partial charge on any atom is -0.496 e. The van der Waals surface area contributed by atoms with Crippen LogP contribution in [0.1, 0.15) is 61.3 Å². The molecule has 1 aliphatic heterocycles. The van der Waals surface area contributed by atoms with Crippen LogP contribution in [0.3, 0.4) is 0 Å². The molecule has 3 aromatic rings. The molecule has 1 saturated heterocycles. The van der Waals surface area contributed by atoms with Gasteiger partial charge >= 0.3 is 0 Å². The van der Waals surface area contributed by atoms with Crippen LogP contribution in [0.4, 0.5) is 0 Å². The summed E-state index contributed by atoms with van der Waals surface area (Å²) in [4.78, 5) is 33.6. The second-order valence-electron chi connectivity index (χ2n) is 11.6. The fourth-order valence-electron chi connectivity index (χ4n) is 5.04. The summed E-state index contributed by atoms with van der Waals surface area (Å²) in [5.74, 6) is 1.10. The molecular formula is C31H41BrN4O5. The molecule has 1 fully saturated rings. The lowest BCUT2D eigenvalue weighted by atomic mass is 10.0. The summed E-state index contributed by atoms with van der Waals surface area (Å²) in [5, 5.41) is 0.746. The van der Waals surface area contributed by atoms with E-state index in [1.165, 1.54) is 0 Å². The monoisotopic (exact) mass is 628 g/mol. The molecule has 0 radical (unpaired) electrons. The Morgan fingerprint density at radius 2 is 1.66 bits per heavy atom. The van der Waals surface area contributed by atoms with Crippen LogP contribution in [-0.4, -0.2) is 84.2 Å². The summed E-state index contributed by atoms with van der Waals surface area (Å²) in [5.41, 5.74) is 6.86. The Morgan fingerprint density at radius 1 is 0.976 bits per heavy atom. The molecule has 222 valence electrons. The van der Waals surface area contributed by atoms with Crippen molar-refractivity contribution < 1.29 is 23.8 Å². The number of carbonyl (C=O) groups excluding carboxylic acids is 2. The van der Waals surface area contributed by atoms with Gasteiger partial charge in [0.05, 0.1) is 35.8 Å². The number of aromatic amines is 1. The van der Waals surface area contributed by atoms with Crippen molar-refractivity contribution in [1.29, 1.82) is 0 Å². The molecule has 9 nitrogen and oxygen atoms in total. The fraction of sp³-hybridized carbons (Fsp3) is 0.484. The number of aromatic nitrogens is 1. The van der Waals surface area contributed by atoms with E-state index in [1.807, 2.05) is 52.0 Å². The first-order valence-corrected chi connectivity index (χ1v) is 14.8. The Balaban J connectivity index is 1.35. The fourth-order valence-corrected chi connectivity index (χ4v) is 5.49. The second-order valence-corrected chi connectivity index (χ2v) is 12.4. The SMILES string of the molecule is COc1ccc(Br)c2[nH]cc(C(=O)N3CCN(C(=O)c4cccc(OC(C)(C)CCOC(C)(C)CCN)c4)CC3)c12. The van der Waals surface area contributed by atoms with Gasteiger partial charge in [0.15, 0.2) is 0 Å². The summed E-state index contributed by atoms with van der Waals surface area (Å²) in [6.07, 6.45) is 3.20. The van der Waals surface area contributed by atoms with Gasteiger partial charge in [0.25, 0.3) is 11.8 Å². The Hall–Kier alpha value is -3.08. The molecule has 0 aliphatic carbocycles. The van der Waals surface area contributed by atoms with Crippen molar-refractivity contribution in [2.75, 3.05) is 46.4 Å². The maximum Gasteiger partial charge on any atom is 0.256 e. The number of hydrogen-bond donors (Lipinski definition) is 2. The predicted molar refractivity (Wildman–Crippen MR) is 164 cm³/mol. The van der Waals surface area contributed by atoms with E-state index in [-0.39, 0.29) is 17.4 Å². The number of fused-ring (bicyclic) bond motifs is 1. The van der Waals surface area contributed by atoms with Crippen molar-refractivity contribution in [3.8, 4) is 11.5 Å². The van der Waals surface area contributed by atoms with Crippen LogP contribution < -0.4 is 15.2 Å². The van der Waals surface area contributed by atoms with Gasteiger partial charge in [-0.2, -0.15) is 0 Å². The van der Waals surface area contributed by atoms with E-state index >= 15 is 0 Å². The smallest absolute Gasteiger partial charge is 0.256 e. The largest absolute Gasteiger partial charge is 0.496 e. The average molecular weight is 630 g/mol. The van der Waals surface area contributed by atoms with E-state index in [4.69, 9.17) is 19.9 Å². The molecule has 1 aromatic heterocycles. The highest BCUT2D eigenvalue weighted by atomic mass is 79.9. The molecule has 1 aliphatic rings. The van der Waals surface area contributed by atoms with Gasteiger partial charge in [-0.3, -0.25) is 9.59 Å². The van der Waals surface area contributed by atoms with Crippen molar-refractivity contribution in [2.45, 2.75) is 51.7 Å². The van der Waals surface area contributed by atoms with Gasteiger partial charge in [-0.25, -0.2) is 0 Å². The van der Waals surface area contributed by atoms with Crippen LogP contribution in [0.15, 0.2) is 47.1 Å². The van der Waals surface area contributed by atoms with Crippen LogP contribution in [0.2, 0.25) is 0 Å². The number of rotatable bonds is 11. The molecule has 2 aromatic carbocycles. The number of amides is 2. The first-order chi connectivity index (χ1) is 19.4. The van der Waals surface area contributed by atoms with Crippen LogP contribution in [0.25, 0.3) is 10.9 Å². The molecule has 0 atom stereocenters. The number of carbonyl (C=O) groups is 2. The lowest BCUT2D eigenvalue weighted by Gasteiger charge is -2.35. The van der Waals surface area contributed by atoms with Crippen molar-refractivity contribution in [2.24, 2.45) is 5.73 Å². The van der Waals surface area contributed by atoms with Gasteiger partial charge in [0.1, 0.15) is 17.1 Å². The van der Waals surface area contributed by atoms with Crippen LogP contribution in [0, 0.1) is 0 Å². The number of nitrogens with one attached hydrogen (secondary N) is 1. The maximum atomic E-state index is 13.4. The third-order valence-corrected chi connectivity index (χ3v) is 8.13. The van der Waals surface area contributed by atoms with Crippen molar-refractivity contribution in [3.63, 3.8) is 0 Å². The predicted octanol–water partition coefficient (Wildman–Crippen LogP) is 5.23. The molecule has 10 heteroatoms. The minimum absolute atomic E-state index is 0.0788. The summed E-state index contributed by atoms with van der Waals surface area (Å²) >= 11 is 3.53. The number of halogens is 1. The average Bonchev–Trinajstić information content (AvgIpc) is 3.38. The van der Waals surface area contributed by atoms with E-state index in [1.54, 1.807) is 35.2 Å². The van der Waals surface area contributed by atoms with E-state index in [0.717, 1.165) is 21.8 Å². The van der Waals surface area contributed by atoms with Crippen LogP contribution in [0.5, 0.6) is 11.5 Å². The van der Waals surface area contributed by atoms with Crippen molar-refractivity contribution in [1.82, 2.24) is 14.8 Å². The molecule has 4 rings (SSSR count). The number of H-pyrrole nitrogens is 1. The summed E-state index contributed by atoms with van der Waals surface area (Å²) in [6, 6.07) is 11.0. The Morgan fingerprint density at radius 3 is 2.32 bits per heavy atom. The molecule has 2 amide bonds. The summed E-state index contributed by atoms with van der Waals surface area (Å²) in [6.45, 7) is 11.0. The molecule has 0 spiro atoms. The third kappa shape index (κ3) is 7.42. The Bertz CT molecular complexity index is 1380. The Kier molecular flexibility index (Phi) is 9.66. The molecular weight excluding hydrogens is 588 g/mol. The zero-order valence-corrected chi connectivity index (χ0v) is 26.2. The summed E-state index contributed by atoms with van der Waals surface area (Å²) < 4.78 is 18.6. The first-order valence-electron chi connectivity index (χ1n) is 14.0. The highest BCUT2D eigenvalue weighted by molar-refractivity contribution is 9.10. The Labute approximate surface area is 250 Å². The van der Waals surface area contributed by atoms with Crippen molar-refractivity contribution in [3.05, 3.63) is 58.2 Å². The molecule has 41 heavy (non-hydrogen) atoms. The van der Waals surface area contributed by atoms with Gasteiger partial charge in [0.2, 0.25) is 0 Å². The van der Waals surface area contributed by atoms with E-state index < -0.39 is 5.60 Å². The number of methoxy groups -OCH3 is 1. The van der Waals surface area contributed by atoms with Gasteiger partial charge < -0.3 is 34.7 Å². The zero-order chi connectivity index (χ0) is 29.8. The minimum atomic E-state index is -0.479. The van der Waals surface area contributed by atoms with Gasteiger partial charge in [-0.05, 0) is 86.9 Å². The highest BCUT2D eigenvalue weighted by Crippen LogP contribution is 2.34. The number of benzene rings is 2. The molecule has 0 bridgehead atoms. The van der Waals surface area contributed by atoms with E-state index in [0.29, 0.717) is 68.4 Å². The topological polar surface area (TPSA) is 110 Å². The molecule has 0 saturated carbocycles. The molecule has 0 unspecified atom stereocenters. The number of piperazine rings is 1. The number of nitrogens with zero attached hydrogens (tertiary/aromatic N) is 2. The lowest BCUT2D eigenvalue weighted by Crippen LogP contribution is -2.50. The third-order valence-electron chi connectivity index (χ3n) is 7.47. The van der Waals surface area contributed by atoms with Crippen LogP contribution >= 0.6 is 15.9 Å². The molecule has 2 heterocycles. The molecule has 3 N–H and O–H groups in total.